The van der Waals surface area contributed by atoms with Gasteiger partial charge in [-0.2, -0.15) is 0 Å². The molecule has 18 heavy (non-hydrogen) atoms. The molecule has 1 aromatic rings. The van der Waals surface area contributed by atoms with Crippen LogP contribution in [0.15, 0.2) is 30.3 Å². The maximum atomic E-state index is 12.0. The van der Waals surface area contributed by atoms with E-state index in [0.29, 0.717) is 6.61 Å². The Morgan fingerprint density at radius 1 is 1.33 bits per heavy atom. The van der Waals surface area contributed by atoms with Crippen molar-refractivity contribution in [2.24, 2.45) is 0 Å². The third-order valence-electron chi connectivity index (χ3n) is 2.43. The van der Waals surface area contributed by atoms with Crippen LogP contribution in [0.25, 0.3) is 0 Å². The molecule has 0 aliphatic carbocycles. The predicted molar refractivity (Wildman–Crippen MR) is 76.8 cm³/mol. The van der Waals surface area contributed by atoms with Gasteiger partial charge in [-0.15, -0.1) is 11.8 Å². The minimum absolute atomic E-state index is 0.146. The Bertz CT molecular complexity index is 354. The van der Waals surface area contributed by atoms with Crippen molar-refractivity contribution in [3.8, 4) is 0 Å². The van der Waals surface area contributed by atoms with E-state index in [-0.39, 0.29) is 11.2 Å². The number of carbonyl (C=O) groups excluding carboxylic acids is 1. The van der Waals surface area contributed by atoms with Gasteiger partial charge in [0.05, 0.1) is 6.61 Å². The fourth-order valence-corrected chi connectivity index (χ4v) is 2.76. The lowest BCUT2D eigenvalue weighted by Gasteiger charge is -2.17. The van der Waals surface area contributed by atoms with Gasteiger partial charge < -0.3 is 9.64 Å². The largest absolute Gasteiger partial charge is 0.465 e. The number of nitrogens with zero attached hydrogens (tertiary/aromatic N) is 1. The predicted octanol–water partition coefficient (Wildman–Crippen LogP) is 2.59. The Hall–Kier alpha value is -1.00. The highest BCUT2D eigenvalue weighted by atomic mass is 32.2. The molecule has 1 rings (SSSR count). The van der Waals surface area contributed by atoms with Crippen molar-refractivity contribution in [3.05, 3.63) is 35.9 Å². The van der Waals surface area contributed by atoms with Crippen molar-refractivity contribution in [1.82, 2.24) is 4.90 Å². The minimum Gasteiger partial charge on any atom is -0.465 e. The Labute approximate surface area is 114 Å². The lowest BCUT2D eigenvalue weighted by molar-refractivity contribution is -0.142. The molecule has 0 spiro atoms. The van der Waals surface area contributed by atoms with Crippen molar-refractivity contribution in [2.45, 2.75) is 12.2 Å². The SMILES string of the molecule is CCOC(=O)C(SCCN(C)C)c1ccccc1. The van der Waals surface area contributed by atoms with Gasteiger partial charge in [0.15, 0.2) is 0 Å². The van der Waals surface area contributed by atoms with Crippen LogP contribution in [0.4, 0.5) is 0 Å². The molecule has 3 nitrogen and oxygen atoms in total. The van der Waals surface area contributed by atoms with Gasteiger partial charge in [0.25, 0.3) is 0 Å². The normalized spacial score (nSPS) is 12.4. The number of benzene rings is 1. The molecule has 4 heteroatoms. The molecule has 1 unspecified atom stereocenters. The monoisotopic (exact) mass is 267 g/mol. The summed E-state index contributed by atoms with van der Waals surface area (Å²) in [6.07, 6.45) is 0. The first-order chi connectivity index (χ1) is 8.65. The Kier molecular flexibility index (Phi) is 6.83. The molecule has 0 radical (unpaired) electrons. The number of esters is 1. The van der Waals surface area contributed by atoms with Crippen LogP contribution in [-0.2, 0) is 9.53 Å². The first kappa shape index (κ1) is 15.1. The summed E-state index contributed by atoms with van der Waals surface area (Å²) in [6, 6.07) is 9.81. The van der Waals surface area contributed by atoms with Crippen LogP contribution in [0.5, 0.6) is 0 Å². The number of hydrogen-bond donors (Lipinski definition) is 0. The lowest BCUT2D eigenvalue weighted by atomic mass is 10.1. The molecule has 0 N–H and O–H groups in total. The van der Waals surface area contributed by atoms with E-state index in [9.17, 15) is 4.79 Å². The molecule has 100 valence electrons. The number of ether oxygens (including phenoxy) is 1. The van der Waals surface area contributed by atoms with Crippen molar-refractivity contribution >= 4 is 17.7 Å². The third kappa shape index (κ3) is 5.10. The van der Waals surface area contributed by atoms with Gasteiger partial charge in [0, 0.05) is 12.3 Å². The van der Waals surface area contributed by atoms with Crippen LogP contribution in [0.3, 0.4) is 0 Å². The highest BCUT2D eigenvalue weighted by Gasteiger charge is 2.21. The van der Waals surface area contributed by atoms with E-state index in [1.165, 1.54) is 0 Å². The van der Waals surface area contributed by atoms with Crippen LogP contribution in [0.2, 0.25) is 0 Å². The van der Waals surface area contributed by atoms with Gasteiger partial charge in [0.1, 0.15) is 5.25 Å². The number of carbonyl (C=O) groups is 1. The Balaban J connectivity index is 2.66. The summed E-state index contributed by atoms with van der Waals surface area (Å²) in [4.78, 5) is 14.1. The molecule has 0 bridgehead atoms. The number of rotatable bonds is 7. The molecule has 0 saturated carbocycles. The second-order valence-corrected chi connectivity index (χ2v) is 5.43. The highest BCUT2D eigenvalue weighted by Crippen LogP contribution is 2.29. The number of hydrogen-bond acceptors (Lipinski definition) is 4. The second kappa shape index (κ2) is 8.16. The summed E-state index contributed by atoms with van der Waals surface area (Å²) in [5.41, 5.74) is 1.01. The van der Waals surface area contributed by atoms with Crippen molar-refractivity contribution in [1.29, 1.82) is 0 Å². The Morgan fingerprint density at radius 3 is 2.56 bits per heavy atom. The standard InChI is InChI=1S/C14H21NO2S/c1-4-17-14(16)13(18-11-10-15(2)3)12-8-6-5-7-9-12/h5-9,13H,4,10-11H2,1-3H3. The van der Waals surface area contributed by atoms with Gasteiger partial charge in [-0.3, -0.25) is 4.79 Å². The summed E-state index contributed by atoms with van der Waals surface area (Å²) in [5.74, 6) is 0.762. The molecule has 1 aromatic carbocycles. The van der Waals surface area contributed by atoms with Gasteiger partial charge >= 0.3 is 5.97 Å². The van der Waals surface area contributed by atoms with Crippen LogP contribution in [0.1, 0.15) is 17.7 Å². The summed E-state index contributed by atoms with van der Waals surface area (Å²) >= 11 is 1.63. The van der Waals surface area contributed by atoms with Crippen LogP contribution >= 0.6 is 11.8 Å². The van der Waals surface area contributed by atoms with E-state index in [1.54, 1.807) is 11.8 Å². The van der Waals surface area contributed by atoms with Gasteiger partial charge in [-0.1, -0.05) is 30.3 Å². The molecular formula is C14H21NO2S. The molecule has 0 aliphatic rings. The summed E-state index contributed by atoms with van der Waals surface area (Å²) in [7, 11) is 4.06. The van der Waals surface area contributed by atoms with Gasteiger partial charge in [-0.05, 0) is 26.6 Å². The fourth-order valence-electron chi connectivity index (χ4n) is 1.50. The first-order valence-corrected chi connectivity index (χ1v) is 7.18. The van der Waals surface area contributed by atoms with Crippen molar-refractivity contribution < 1.29 is 9.53 Å². The van der Waals surface area contributed by atoms with Crippen LogP contribution < -0.4 is 0 Å². The van der Waals surface area contributed by atoms with E-state index in [4.69, 9.17) is 4.74 Å². The zero-order valence-corrected chi connectivity index (χ0v) is 12.1. The van der Waals surface area contributed by atoms with E-state index in [0.717, 1.165) is 17.9 Å². The molecule has 0 aliphatic heterocycles. The average Bonchev–Trinajstić information content (AvgIpc) is 2.35. The molecule has 1 atom stereocenters. The summed E-state index contributed by atoms with van der Waals surface area (Å²) in [5, 5.41) is -0.217. The van der Waals surface area contributed by atoms with Crippen molar-refractivity contribution in [3.63, 3.8) is 0 Å². The summed E-state index contributed by atoms with van der Waals surface area (Å²) in [6.45, 7) is 3.22. The van der Waals surface area contributed by atoms with E-state index in [1.807, 2.05) is 51.4 Å². The van der Waals surface area contributed by atoms with E-state index >= 15 is 0 Å². The molecule has 0 fully saturated rings. The minimum atomic E-state index is -0.217. The smallest absolute Gasteiger partial charge is 0.323 e. The van der Waals surface area contributed by atoms with Gasteiger partial charge in [-0.25, -0.2) is 0 Å². The van der Waals surface area contributed by atoms with Crippen molar-refractivity contribution in [2.75, 3.05) is 33.0 Å². The third-order valence-corrected chi connectivity index (χ3v) is 3.64. The second-order valence-electron chi connectivity index (χ2n) is 4.22. The van der Waals surface area contributed by atoms with E-state index in [2.05, 4.69) is 4.90 Å². The number of thioether (sulfide) groups is 1. The lowest BCUT2D eigenvalue weighted by Crippen LogP contribution is -2.18. The molecule has 0 saturated heterocycles. The average molecular weight is 267 g/mol. The first-order valence-electron chi connectivity index (χ1n) is 6.13. The molecule has 0 aromatic heterocycles. The maximum absolute atomic E-state index is 12.0. The quantitative estimate of drug-likeness (QED) is 0.710. The molecule has 0 heterocycles. The van der Waals surface area contributed by atoms with E-state index < -0.39 is 0 Å². The van der Waals surface area contributed by atoms with Crippen LogP contribution in [-0.4, -0.2) is 43.9 Å². The molecular weight excluding hydrogens is 246 g/mol. The molecule has 0 amide bonds. The van der Waals surface area contributed by atoms with Crippen LogP contribution in [0, 0.1) is 0 Å². The topological polar surface area (TPSA) is 29.5 Å². The highest BCUT2D eigenvalue weighted by molar-refractivity contribution is 8.00. The Morgan fingerprint density at radius 2 is 2.00 bits per heavy atom. The maximum Gasteiger partial charge on any atom is 0.323 e. The fraction of sp³-hybridized carbons (Fsp3) is 0.500. The zero-order valence-electron chi connectivity index (χ0n) is 11.3. The summed E-state index contributed by atoms with van der Waals surface area (Å²) < 4.78 is 5.14. The van der Waals surface area contributed by atoms with Gasteiger partial charge in [0.2, 0.25) is 0 Å². The zero-order chi connectivity index (χ0) is 13.4.